The highest BCUT2D eigenvalue weighted by Crippen LogP contribution is 2.25. The van der Waals surface area contributed by atoms with Gasteiger partial charge in [0.15, 0.2) is 0 Å². The third-order valence-electron chi connectivity index (χ3n) is 4.81. The smallest absolute Gasteiger partial charge is 0.391 e. The van der Waals surface area contributed by atoms with Crippen LogP contribution in [0.4, 0.5) is 0 Å². The van der Waals surface area contributed by atoms with Gasteiger partial charge in [-0.05, 0) is 35.2 Å². The van der Waals surface area contributed by atoms with Gasteiger partial charge in [0.2, 0.25) is 0 Å². The third-order valence-corrected chi connectivity index (χ3v) is 8.19. The Morgan fingerprint density at radius 1 is 0.960 bits per heavy atom. The van der Waals surface area contributed by atoms with Crippen molar-refractivity contribution in [2.75, 3.05) is 7.11 Å². The van der Waals surface area contributed by atoms with Gasteiger partial charge in [0.05, 0.1) is 6.10 Å². The summed E-state index contributed by atoms with van der Waals surface area (Å²) in [6.45, 7) is 4.00. The van der Waals surface area contributed by atoms with Crippen molar-refractivity contribution in [3.8, 4) is 0 Å². The first kappa shape index (κ1) is 17.9. The van der Waals surface area contributed by atoms with Crippen LogP contribution in [0, 0.1) is 0 Å². The zero-order valence-electron chi connectivity index (χ0n) is 14.9. The fraction of sp³-hybridized carbons (Fsp3) is 0.273. The monoisotopic (exact) mass is 350 g/mol. The molecule has 0 saturated carbocycles. The number of hydrogen-bond donors (Lipinski definition) is 0. The van der Waals surface area contributed by atoms with Crippen molar-refractivity contribution >= 4 is 18.9 Å². The first-order valence-electron chi connectivity index (χ1n) is 8.96. The molecule has 0 aromatic heterocycles. The van der Waals surface area contributed by atoms with Crippen LogP contribution in [-0.4, -0.2) is 21.8 Å². The van der Waals surface area contributed by atoms with E-state index in [0.29, 0.717) is 0 Å². The van der Waals surface area contributed by atoms with Crippen molar-refractivity contribution in [2.45, 2.75) is 31.8 Å². The van der Waals surface area contributed by atoms with Gasteiger partial charge in [0, 0.05) is 7.11 Å². The molecule has 1 atom stereocenters. The summed E-state index contributed by atoms with van der Waals surface area (Å²) in [5, 5.41) is 2.27. The molecule has 0 heterocycles. The zero-order chi connectivity index (χ0) is 17.5. The standard InChI is InChI=1S/C22H26O2Si/c1-3-19-13-7-4-12-18-22(19)24-25(23-2,20-14-8-5-9-15-20)21-16-10-6-11-17-21/h3,5-6,8-11,13-17,22H,1,4,7,12,18H2,2H3. The lowest BCUT2D eigenvalue weighted by atomic mass is 10.1. The molecule has 0 saturated heterocycles. The van der Waals surface area contributed by atoms with Crippen LogP contribution in [0.3, 0.4) is 0 Å². The van der Waals surface area contributed by atoms with Crippen molar-refractivity contribution < 1.29 is 8.85 Å². The summed E-state index contributed by atoms with van der Waals surface area (Å²) >= 11 is 0. The molecule has 0 N–H and O–H groups in total. The quantitative estimate of drug-likeness (QED) is 0.734. The molecule has 0 fully saturated rings. The molecule has 130 valence electrons. The molecule has 0 bridgehead atoms. The molecule has 2 nitrogen and oxygen atoms in total. The highest BCUT2D eigenvalue weighted by atomic mass is 28.4. The SMILES string of the molecule is C=CC1=CCCCCC1O[Si](OC)(c1ccccc1)c1ccccc1. The molecular weight excluding hydrogens is 324 g/mol. The number of benzene rings is 2. The van der Waals surface area contributed by atoms with Gasteiger partial charge in [-0.25, -0.2) is 0 Å². The molecule has 2 aromatic carbocycles. The van der Waals surface area contributed by atoms with Gasteiger partial charge in [-0.3, -0.25) is 0 Å². The summed E-state index contributed by atoms with van der Waals surface area (Å²) in [5.74, 6) is 0. The molecule has 0 amide bonds. The van der Waals surface area contributed by atoms with E-state index in [-0.39, 0.29) is 6.10 Å². The van der Waals surface area contributed by atoms with Gasteiger partial charge in [-0.2, -0.15) is 0 Å². The van der Waals surface area contributed by atoms with E-state index in [0.717, 1.165) is 29.6 Å². The Morgan fingerprint density at radius 3 is 2.08 bits per heavy atom. The van der Waals surface area contributed by atoms with Crippen LogP contribution in [0.15, 0.2) is 85.0 Å². The van der Waals surface area contributed by atoms with E-state index in [1.807, 2.05) is 18.2 Å². The highest BCUT2D eigenvalue weighted by molar-refractivity contribution is 6.92. The summed E-state index contributed by atoms with van der Waals surface area (Å²) < 4.78 is 13.1. The topological polar surface area (TPSA) is 18.5 Å². The molecule has 0 radical (unpaired) electrons. The third kappa shape index (κ3) is 3.84. The predicted molar refractivity (Wildman–Crippen MR) is 107 cm³/mol. The summed E-state index contributed by atoms with van der Waals surface area (Å²) in [5.41, 5.74) is 1.19. The van der Waals surface area contributed by atoms with Gasteiger partial charge in [-0.15, -0.1) is 0 Å². The van der Waals surface area contributed by atoms with E-state index >= 15 is 0 Å². The van der Waals surface area contributed by atoms with E-state index < -0.39 is 8.56 Å². The molecule has 25 heavy (non-hydrogen) atoms. The van der Waals surface area contributed by atoms with E-state index in [9.17, 15) is 0 Å². The molecule has 0 spiro atoms. The maximum atomic E-state index is 6.86. The zero-order valence-corrected chi connectivity index (χ0v) is 15.9. The van der Waals surface area contributed by atoms with E-state index in [1.165, 1.54) is 12.0 Å². The van der Waals surface area contributed by atoms with Crippen molar-refractivity contribution in [1.82, 2.24) is 0 Å². The molecule has 3 rings (SSSR count). The lowest BCUT2D eigenvalue weighted by Crippen LogP contribution is -2.64. The Kier molecular flexibility index (Phi) is 6.03. The van der Waals surface area contributed by atoms with E-state index in [1.54, 1.807) is 7.11 Å². The van der Waals surface area contributed by atoms with Crippen LogP contribution in [-0.2, 0) is 8.85 Å². The fourth-order valence-electron chi connectivity index (χ4n) is 3.48. The largest absolute Gasteiger partial charge is 0.407 e. The van der Waals surface area contributed by atoms with Gasteiger partial charge >= 0.3 is 8.56 Å². The fourth-order valence-corrected chi connectivity index (χ4v) is 6.57. The van der Waals surface area contributed by atoms with Gasteiger partial charge < -0.3 is 8.85 Å². The first-order chi connectivity index (χ1) is 12.3. The van der Waals surface area contributed by atoms with E-state index in [4.69, 9.17) is 8.85 Å². The predicted octanol–water partition coefficient (Wildman–Crippen LogP) is 3.96. The second kappa shape index (κ2) is 8.43. The molecular formula is C22H26O2Si. The average molecular weight is 351 g/mol. The molecule has 2 aromatic rings. The summed E-state index contributed by atoms with van der Waals surface area (Å²) in [7, 11) is -1.00. The number of rotatable bonds is 6. The van der Waals surface area contributed by atoms with Crippen LogP contribution in [0.5, 0.6) is 0 Å². The Labute approximate surface area is 152 Å². The second-order valence-electron chi connectivity index (χ2n) is 6.35. The van der Waals surface area contributed by atoms with Crippen molar-refractivity contribution in [3.63, 3.8) is 0 Å². The minimum Gasteiger partial charge on any atom is -0.391 e. The first-order valence-corrected chi connectivity index (χ1v) is 10.8. The van der Waals surface area contributed by atoms with Crippen LogP contribution >= 0.6 is 0 Å². The number of allylic oxidation sites excluding steroid dienone is 1. The Hall–Kier alpha value is -1.94. The minimum absolute atomic E-state index is 0.0343. The Balaban J connectivity index is 2.06. The van der Waals surface area contributed by atoms with Crippen molar-refractivity contribution in [2.24, 2.45) is 0 Å². The highest BCUT2D eigenvalue weighted by Gasteiger charge is 2.44. The van der Waals surface area contributed by atoms with Crippen LogP contribution in [0.25, 0.3) is 0 Å². The minimum atomic E-state index is -2.78. The maximum absolute atomic E-state index is 6.86. The second-order valence-corrected chi connectivity index (χ2v) is 9.38. The summed E-state index contributed by atoms with van der Waals surface area (Å²) in [6, 6.07) is 20.8. The average Bonchev–Trinajstić information content (AvgIpc) is 2.92. The lowest BCUT2D eigenvalue weighted by molar-refractivity contribution is 0.166. The van der Waals surface area contributed by atoms with Crippen molar-refractivity contribution in [1.29, 1.82) is 0 Å². The Bertz CT molecular complexity index is 670. The Morgan fingerprint density at radius 2 is 1.56 bits per heavy atom. The molecule has 1 unspecified atom stereocenters. The van der Waals surface area contributed by atoms with E-state index in [2.05, 4.69) is 61.2 Å². The lowest BCUT2D eigenvalue weighted by Gasteiger charge is -2.34. The van der Waals surface area contributed by atoms with Crippen LogP contribution < -0.4 is 10.4 Å². The molecule has 1 aliphatic carbocycles. The van der Waals surface area contributed by atoms with Gasteiger partial charge in [-0.1, -0.05) is 85.8 Å². The van der Waals surface area contributed by atoms with Gasteiger partial charge in [0.25, 0.3) is 0 Å². The molecule has 0 aliphatic heterocycles. The van der Waals surface area contributed by atoms with Gasteiger partial charge in [0.1, 0.15) is 0 Å². The maximum Gasteiger partial charge on any atom is 0.407 e. The number of hydrogen-bond acceptors (Lipinski definition) is 2. The molecule has 1 aliphatic rings. The van der Waals surface area contributed by atoms with Crippen LogP contribution in [0.2, 0.25) is 0 Å². The summed E-state index contributed by atoms with van der Waals surface area (Å²) in [6.07, 6.45) is 8.73. The molecule has 3 heteroatoms. The van der Waals surface area contributed by atoms with Crippen molar-refractivity contribution in [3.05, 3.63) is 85.0 Å². The normalized spacial score (nSPS) is 18.3. The summed E-state index contributed by atoms with van der Waals surface area (Å²) in [4.78, 5) is 0. The van der Waals surface area contributed by atoms with Crippen LogP contribution in [0.1, 0.15) is 25.7 Å².